The Kier molecular flexibility index (Phi) is 4.80. The molecule has 104 valence electrons. The predicted octanol–water partition coefficient (Wildman–Crippen LogP) is 1.98. The minimum absolute atomic E-state index is 0.0497. The summed E-state index contributed by atoms with van der Waals surface area (Å²) in [5.74, 6) is 1.05. The molecule has 2 N–H and O–H groups in total. The van der Waals surface area contributed by atoms with Crippen LogP contribution in [-0.2, 0) is 0 Å². The number of nitrogens with one attached hydrogen (secondary N) is 1. The predicted molar refractivity (Wildman–Crippen MR) is 73.3 cm³/mol. The van der Waals surface area contributed by atoms with Crippen molar-refractivity contribution in [3.8, 4) is 5.75 Å². The van der Waals surface area contributed by atoms with Gasteiger partial charge in [0.25, 0.3) is 5.91 Å². The zero-order chi connectivity index (χ0) is 13.7. The molecule has 1 aromatic rings. The molecule has 0 aromatic heterocycles. The third-order valence-electron chi connectivity index (χ3n) is 3.77. The first-order chi connectivity index (χ1) is 9.22. The molecular weight excluding hydrogens is 242 g/mol. The van der Waals surface area contributed by atoms with E-state index in [1.165, 1.54) is 0 Å². The molecule has 1 aliphatic rings. The lowest BCUT2D eigenvalue weighted by molar-refractivity contribution is 0.0913. The van der Waals surface area contributed by atoms with Crippen molar-refractivity contribution in [1.29, 1.82) is 0 Å². The molecule has 4 nitrogen and oxygen atoms in total. The van der Waals surface area contributed by atoms with E-state index in [4.69, 9.17) is 9.84 Å². The number of aliphatic hydroxyl groups excluding tert-OH is 1. The van der Waals surface area contributed by atoms with Gasteiger partial charge in [-0.2, -0.15) is 0 Å². The molecule has 2 rings (SSSR count). The number of carbonyl (C=O) groups is 1. The molecule has 4 heteroatoms. The molecular formula is C15H21NO3. The molecule has 0 spiro atoms. The first-order valence-electron chi connectivity index (χ1n) is 6.78. The van der Waals surface area contributed by atoms with Crippen molar-refractivity contribution in [2.75, 3.05) is 13.7 Å². The largest absolute Gasteiger partial charge is 0.497 e. The van der Waals surface area contributed by atoms with Gasteiger partial charge in [0.2, 0.25) is 0 Å². The summed E-state index contributed by atoms with van der Waals surface area (Å²) in [6, 6.07) is 7.40. The van der Waals surface area contributed by atoms with E-state index in [2.05, 4.69) is 5.32 Å². The van der Waals surface area contributed by atoms with Crippen LogP contribution in [0.3, 0.4) is 0 Å². The average molecular weight is 263 g/mol. The van der Waals surface area contributed by atoms with Crippen LogP contribution in [0.15, 0.2) is 24.3 Å². The second-order valence-corrected chi connectivity index (χ2v) is 5.11. The minimum atomic E-state index is -0.0497. The molecule has 1 amide bonds. The van der Waals surface area contributed by atoms with Crippen LogP contribution in [0.2, 0.25) is 0 Å². The zero-order valence-electron chi connectivity index (χ0n) is 11.3. The first-order valence-corrected chi connectivity index (χ1v) is 6.78. The van der Waals surface area contributed by atoms with Gasteiger partial charge in [-0.05, 0) is 49.8 Å². The number of carbonyl (C=O) groups excluding carboxylic acids is 1. The number of hydrogen-bond donors (Lipinski definition) is 2. The van der Waals surface area contributed by atoms with E-state index in [0.29, 0.717) is 17.2 Å². The summed E-state index contributed by atoms with van der Waals surface area (Å²) in [5.41, 5.74) is 0.628. The number of amides is 1. The van der Waals surface area contributed by atoms with Gasteiger partial charge in [-0.15, -0.1) is 0 Å². The molecule has 0 unspecified atom stereocenters. The molecule has 0 heterocycles. The van der Waals surface area contributed by atoms with Crippen molar-refractivity contribution in [3.63, 3.8) is 0 Å². The van der Waals surface area contributed by atoms with Crippen molar-refractivity contribution >= 4 is 5.91 Å². The minimum Gasteiger partial charge on any atom is -0.497 e. The van der Waals surface area contributed by atoms with Gasteiger partial charge in [-0.3, -0.25) is 4.79 Å². The lowest BCUT2D eigenvalue weighted by Crippen LogP contribution is -2.38. The molecule has 0 bridgehead atoms. The highest BCUT2D eigenvalue weighted by atomic mass is 16.5. The smallest absolute Gasteiger partial charge is 0.251 e. The topological polar surface area (TPSA) is 58.6 Å². The second-order valence-electron chi connectivity index (χ2n) is 5.11. The Hall–Kier alpha value is -1.55. The summed E-state index contributed by atoms with van der Waals surface area (Å²) >= 11 is 0. The SMILES string of the molecule is COc1cccc(C(=O)NC2CCC(CO)CC2)c1. The van der Waals surface area contributed by atoms with E-state index in [0.717, 1.165) is 25.7 Å². The third-order valence-corrected chi connectivity index (χ3v) is 3.77. The third kappa shape index (κ3) is 3.70. The molecule has 0 atom stereocenters. The highest BCUT2D eigenvalue weighted by molar-refractivity contribution is 5.94. The maximum atomic E-state index is 12.1. The van der Waals surface area contributed by atoms with Gasteiger partial charge in [0.15, 0.2) is 0 Å². The highest BCUT2D eigenvalue weighted by Gasteiger charge is 2.22. The van der Waals surface area contributed by atoms with Crippen LogP contribution in [0.25, 0.3) is 0 Å². The van der Waals surface area contributed by atoms with Gasteiger partial charge in [0.1, 0.15) is 5.75 Å². The molecule has 1 fully saturated rings. The first kappa shape index (κ1) is 13.9. The van der Waals surface area contributed by atoms with Gasteiger partial charge < -0.3 is 15.2 Å². The van der Waals surface area contributed by atoms with Crippen LogP contribution in [0.4, 0.5) is 0 Å². The summed E-state index contributed by atoms with van der Waals surface area (Å²) in [6.07, 6.45) is 3.86. The number of rotatable bonds is 4. The molecule has 0 radical (unpaired) electrons. The Balaban J connectivity index is 1.90. The molecule has 1 saturated carbocycles. The Bertz CT molecular complexity index is 425. The van der Waals surface area contributed by atoms with Crippen molar-refractivity contribution in [2.24, 2.45) is 5.92 Å². The Morgan fingerprint density at radius 3 is 2.74 bits per heavy atom. The van der Waals surface area contributed by atoms with Gasteiger partial charge in [0, 0.05) is 18.2 Å². The molecule has 0 saturated heterocycles. The van der Waals surface area contributed by atoms with Gasteiger partial charge in [-0.25, -0.2) is 0 Å². The maximum absolute atomic E-state index is 12.1. The summed E-state index contributed by atoms with van der Waals surface area (Å²) in [7, 11) is 1.59. The average Bonchev–Trinajstić information content (AvgIpc) is 2.48. The van der Waals surface area contributed by atoms with Gasteiger partial charge in [-0.1, -0.05) is 6.07 Å². The van der Waals surface area contributed by atoms with E-state index in [9.17, 15) is 4.79 Å². The monoisotopic (exact) mass is 263 g/mol. The normalized spacial score (nSPS) is 22.8. The van der Waals surface area contributed by atoms with Crippen molar-refractivity contribution in [2.45, 2.75) is 31.7 Å². The van der Waals surface area contributed by atoms with Crippen molar-refractivity contribution in [1.82, 2.24) is 5.32 Å². The van der Waals surface area contributed by atoms with Gasteiger partial charge in [0.05, 0.1) is 7.11 Å². The number of methoxy groups -OCH3 is 1. The van der Waals surface area contributed by atoms with Crippen LogP contribution in [-0.4, -0.2) is 30.8 Å². The fraction of sp³-hybridized carbons (Fsp3) is 0.533. The highest BCUT2D eigenvalue weighted by Crippen LogP contribution is 2.24. The summed E-state index contributed by atoms with van der Waals surface area (Å²) in [5, 5.41) is 12.1. The summed E-state index contributed by atoms with van der Waals surface area (Å²) in [6.45, 7) is 0.260. The lowest BCUT2D eigenvalue weighted by Gasteiger charge is -2.28. The molecule has 1 aromatic carbocycles. The van der Waals surface area contributed by atoms with E-state index in [-0.39, 0.29) is 18.6 Å². The molecule has 19 heavy (non-hydrogen) atoms. The van der Waals surface area contributed by atoms with Crippen LogP contribution in [0.1, 0.15) is 36.0 Å². The van der Waals surface area contributed by atoms with Crippen LogP contribution in [0, 0.1) is 5.92 Å². The Morgan fingerprint density at radius 1 is 1.37 bits per heavy atom. The zero-order valence-corrected chi connectivity index (χ0v) is 11.3. The van der Waals surface area contributed by atoms with Crippen molar-refractivity contribution in [3.05, 3.63) is 29.8 Å². The Morgan fingerprint density at radius 2 is 2.11 bits per heavy atom. The van der Waals surface area contributed by atoms with Crippen LogP contribution < -0.4 is 10.1 Å². The van der Waals surface area contributed by atoms with E-state index in [1.54, 1.807) is 19.2 Å². The van der Waals surface area contributed by atoms with Gasteiger partial charge >= 0.3 is 0 Å². The summed E-state index contributed by atoms with van der Waals surface area (Å²) in [4.78, 5) is 12.1. The molecule has 0 aliphatic heterocycles. The van der Waals surface area contributed by atoms with Crippen molar-refractivity contribution < 1.29 is 14.6 Å². The number of benzene rings is 1. The van der Waals surface area contributed by atoms with Crippen LogP contribution in [0.5, 0.6) is 5.75 Å². The second kappa shape index (κ2) is 6.57. The van der Waals surface area contributed by atoms with E-state index in [1.807, 2.05) is 12.1 Å². The van der Waals surface area contributed by atoms with E-state index >= 15 is 0 Å². The number of aliphatic hydroxyl groups is 1. The quantitative estimate of drug-likeness (QED) is 0.873. The summed E-state index contributed by atoms with van der Waals surface area (Å²) < 4.78 is 5.12. The Labute approximate surface area is 113 Å². The van der Waals surface area contributed by atoms with Crippen LogP contribution >= 0.6 is 0 Å². The lowest BCUT2D eigenvalue weighted by atomic mass is 9.86. The number of hydrogen-bond acceptors (Lipinski definition) is 3. The standard InChI is InChI=1S/C15H21NO3/c1-19-14-4-2-3-12(9-14)15(18)16-13-7-5-11(10-17)6-8-13/h2-4,9,11,13,17H,5-8,10H2,1H3,(H,16,18). The maximum Gasteiger partial charge on any atom is 0.251 e. The molecule has 1 aliphatic carbocycles. The number of ether oxygens (including phenoxy) is 1. The van der Waals surface area contributed by atoms with E-state index < -0.39 is 0 Å². The fourth-order valence-corrected chi connectivity index (χ4v) is 2.52. The fourth-order valence-electron chi connectivity index (χ4n) is 2.52.